The van der Waals surface area contributed by atoms with Gasteiger partial charge in [0, 0.05) is 42.6 Å². The maximum Gasteiger partial charge on any atom is 0.339 e. The van der Waals surface area contributed by atoms with Crippen molar-refractivity contribution in [1.29, 1.82) is 0 Å². The predicted octanol–water partition coefficient (Wildman–Crippen LogP) is 2.77. The summed E-state index contributed by atoms with van der Waals surface area (Å²) in [6.07, 6.45) is 4.83. The number of hydrogen-bond donors (Lipinski definition) is 0. The van der Waals surface area contributed by atoms with Crippen LogP contribution in [-0.4, -0.2) is 54.5 Å². The van der Waals surface area contributed by atoms with Gasteiger partial charge in [-0.05, 0) is 42.9 Å². The Morgan fingerprint density at radius 3 is 2.82 bits per heavy atom. The molecule has 1 atom stereocenters. The fraction of sp³-hybridized carbons (Fsp3) is 0.476. The highest BCUT2D eigenvalue weighted by Crippen LogP contribution is 2.33. The Bertz CT molecular complexity index is 844. The van der Waals surface area contributed by atoms with Gasteiger partial charge in [0.15, 0.2) is 6.61 Å². The Morgan fingerprint density at radius 2 is 2.07 bits per heavy atom. The van der Waals surface area contributed by atoms with Crippen molar-refractivity contribution in [3.63, 3.8) is 0 Å². The first-order valence-corrected chi connectivity index (χ1v) is 10.7. The van der Waals surface area contributed by atoms with Crippen molar-refractivity contribution in [2.75, 3.05) is 37.7 Å². The average Bonchev–Trinajstić information content (AvgIpc) is 3.15. The lowest BCUT2D eigenvalue weighted by Crippen LogP contribution is -2.50. The van der Waals surface area contributed by atoms with Crippen molar-refractivity contribution >= 4 is 29.0 Å². The largest absolute Gasteiger partial charge is 0.452 e. The molecule has 1 fully saturated rings. The molecule has 148 valence electrons. The Labute approximate surface area is 169 Å². The third kappa shape index (κ3) is 4.04. The highest BCUT2D eigenvalue weighted by Gasteiger charge is 2.26. The number of aromatic nitrogens is 1. The molecule has 6 nitrogen and oxygen atoms in total. The predicted molar refractivity (Wildman–Crippen MR) is 109 cm³/mol. The van der Waals surface area contributed by atoms with Gasteiger partial charge in [0.05, 0.1) is 5.56 Å². The first-order valence-electron chi connectivity index (χ1n) is 9.82. The van der Waals surface area contributed by atoms with Crippen LogP contribution in [0.25, 0.3) is 0 Å². The van der Waals surface area contributed by atoms with E-state index in [1.54, 1.807) is 22.4 Å². The third-order valence-electron chi connectivity index (χ3n) is 5.55. The first-order chi connectivity index (χ1) is 13.6. The molecule has 28 heavy (non-hydrogen) atoms. The van der Waals surface area contributed by atoms with Gasteiger partial charge in [0.1, 0.15) is 5.82 Å². The van der Waals surface area contributed by atoms with Gasteiger partial charge in [-0.1, -0.05) is 13.0 Å². The Hall–Kier alpha value is -2.41. The summed E-state index contributed by atoms with van der Waals surface area (Å²) in [6, 6.07) is 5.83. The zero-order valence-corrected chi connectivity index (χ0v) is 16.9. The number of pyridine rings is 1. The molecule has 0 radical (unpaired) electrons. The smallest absolute Gasteiger partial charge is 0.339 e. The van der Waals surface area contributed by atoms with Crippen LogP contribution in [0, 0.1) is 5.92 Å². The fourth-order valence-electron chi connectivity index (χ4n) is 3.87. The second-order valence-corrected chi connectivity index (χ2v) is 8.50. The molecule has 0 aromatic carbocycles. The molecular formula is C21H25N3O3S. The molecule has 0 N–H and O–H groups in total. The number of hydrogen-bond acceptors (Lipinski definition) is 6. The zero-order chi connectivity index (χ0) is 19.5. The minimum atomic E-state index is -0.368. The van der Waals surface area contributed by atoms with E-state index in [-0.39, 0.29) is 18.5 Å². The van der Waals surface area contributed by atoms with E-state index in [9.17, 15) is 9.59 Å². The second kappa shape index (κ2) is 8.31. The van der Waals surface area contributed by atoms with Crippen molar-refractivity contribution in [2.45, 2.75) is 26.2 Å². The molecule has 1 aliphatic heterocycles. The van der Waals surface area contributed by atoms with Crippen LogP contribution in [0.15, 0.2) is 29.8 Å². The number of carbonyl (C=O) groups excluding carboxylic acids is 2. The number of thiophene rings is 1. The highest BCUT2D eigenvalue weighted by molar-refractivity contribution is 7.10. The lowest BCUT2D eigenvalue weighted by Gasteiger charge is -2.35. The molecule has 7 heteroatoms. The van der Waals surface area contributed by atoms with Gasteiger partial charge in [-0.25, -0.2) is 9.78 Å². The summed E-state index contributed by atoms with van der Waals surface area (Å²) in [4.78, 5) is 34.5. The van der Waals surface area contributed by atoms with Crippen LogP contribution in [0.1, 0.15) is 34.1 Å². The summed E-state index contributed by atoms with van der Waals surface area (Å²) in [5, 5.41) is 1.89. The van der Waals surface area contributed by atoms with Crippen molar-refractivity contribution < 1.29 is 14.3 Å². The topological polar surface area (TPSA) is 62.7 Å². The summed E-state index contributed by atoms with van der Waals surface area (Å²) in [7, 11) is 0. The molecule has 1 amide bonds. The minimum Gasteiger partial charge on any atom is -0.452 e. The second-order valence-electron chi connectivity index (χ2n) is 7.53. The number of piperazine rings is 1. The molecule has 0 spiro atoms. The molecule has 0 bridgehead atoms. The number of rotatable bonds is 4. The van der Waals surface area contributed by atoms with E-state index >= 15 is 0 Å². The van der Waals surface area contributed by atoms with Crippen LogP contribution >= 0.6 is 11.3 Å². The number of amides is 1. The Morgan fingerprint density at radius 1 is 1.25 bits per heavy atom. The first kappa shape index (κ1) is 18.9. The summed E-state index contributed by atoms with van der Waals surface area (Å²) < 4.78 is 5.36. The van der Waals surface area contributed by atoms with Crippen LogP contribution in [0.4, 0.5) is 5.82 Å². The van der Waals surface area contributed by atoms with Gasteiger partial charge in [-0.15, -0.1) is 11.3 Å². The SMILES string of the molecule is CC1CCc2c(C(=O)OCC(=O)N3CCN(c4ccccn4)CC3)csc2C1. The molecule has 2 aliphatic rings. The molecule has 2 aromatic heterocycles. The number of ether oxygens (including phenoxy) is 1. The van der Waals surface area contributed by atoms with E-state index in [0.717, 1.165) is 43.7 Å². The summed E-state index contributed by atoms with van der Waals surface area (Å²) in [6.45, 7) is 4.73. The van der Waals surface area contributed by atoms with Crippen molar-refractivity contribution in [3.05, 3.63) is 45.8 Å². The van der Waals surface area contributed by atoms with Crippen LogP contribution in [0.3, 0.4) is 0 Å². The van der Waals surface area contributed by atoms with Gasteiger partial charge in [0.25, 0.3) is 5.91 Å². The quantitative estimate of drug-likeness (QED) is 0.740. The normalized spacial score (nSPS) is 19.2. The third-order valence-corrected chi connectivity index (χ3v) is 6.61. The van der Waals surface area contributed by atoms with E-state index in [4.69, 9.17) is 4.74 Å². The van der Waals surface area contributed by atoms with E-state index in [2.05, 4.69) is 16.8 Å². The average molecular weight is 400 g/mol. The van der Waals surface area contributed by atoms with Crippen molar-refractivity contribution in [1.82, 2.24) is 9.88 Å². The zero-order valence-electron chi connectivity index (χ0n) is 16.1. The highest BCUT2D eigenvalue weighted by atomic mass is 32.1. The molecule has 0 saturated carbocycles. The molecule has 1 saturated heterocycles. The van der Waals surface area contributed by atoms with Gasteiger partial charge in [-0.3, -0.25) is 4.79 Å². The number of fused-ring (bicyclic) bond motifs is 1. The van der Waals surface area contributed by atoms with Crippen LogP contribution in [0.5, 0.6) is 0 Å². The molecule has 2 aromatic rings. The number of nitrogens with zero attached hydrogens (tertiary/aromatic N) is 3. The lowest BCUT2D eigenvalue weighted by atomic mass is 9.88. The fourth-order valence-corrected chi connectivity index (χ4v) is 5.10. The van der Waals surface area contributed by atoms with Crippen LogP contribution in [-0.2, 0) is 22.4 Å². The maximum atomic E-state index is 12.5. The molecule has 3 heterocycles. The number of esters is 1. The molecular weight excluding hydrogens is 374 g/mol. The standard InChI is InChI=1S/C21H25N3O3S/c1-15-5-6-16-17(14-28-18(16)12-15)21(26)27-13-20(25)24-10-8-23(9-11-24)19-4-2-3-7-22-19/h2-4,7,14-15H,5-6,8-13H2,1H3. The Balaban J connectivity index is 1.28. The summed E-state index contributed by atoms with van der Waals surface area (Å²) >= 11 is 1.64. The molecule has 1 unspecified atom stereocenters. The lowest BCUT2D eigenvalue weighted by molar-refractivity contribution is -0.134. The van der Waals surface area contributed by atoms with Gasteiger partial charge in [-0.2, -0.15) is 0 Å². The van der Waals surface area contributed by atoms with Crippen molar-refractivity contribution in [2.24, 2.45) is 5.92 Å². The monoisotopic (exact) mass is 399 g/mol. The van der Waals surface area contributed by atoms with Gasteiger partial charge >= 0.3 is 5.97 Å². The molecule has 1 aliphatic carbocycles. The van der Waals surface area contributed by atoms with Crippen LogP contribution in [0.2, 0.25) is 0 Å². The molecule has 4 rings (SSSR count). The minimum absolute atomic E-state index is 0.133. The van der Waals surface area contributed by atoms with E-state index in [0.29, 0.717) is 24.6 Å². The van der Waals surface area contributed by atoms with Crippen LogP contribution < -0.4 is 4.90 Å². The van der Waals surface area contributed by atoms with E-state index in [1.807, 2.05) is 23.6 Å². The van der Waals surface area contributed by atoms with Gasteiger partial charge in [0.2, 0.25) is 0 Å². The van der Waals surface area contributed by atoms with Gasteiger partial charge < -0.3 is 14.5 Å². The summed E-state index contributed by atoms with van der Waals surface area (Å²) in [5.74, 6) is 1.10. The Kier molecular flexibility index (Phi) is 5.62. The number of anilines is 1. The number of carbonyl (C=O) groups is 2. The van der Waals surface area contributed by atoms with Crippen molar-refractivity contribution in [3.8, 4) is 0 Å². The summed E-state index contributed by atoms with van der Waals surface area (Å²) in [5.41, 5.74) is 1.78. The van der Waals surface area contributed by atoms with E-state index in [1.165, 1.54) is 4.88 Å². The van der Waals surface area contributed by atoms with E-state index < -0.39 is 0 Å². The maximum absolute atomic E-state index is 12.5.